The number of anilines is 1. The standard InChI is InChI=1S/C32H30N6O4S/c39-29(34-30-21-37(35-42-30)36-18-8-3-9-19-36)23-43-32-33-28(31(40)38(32)26-12-6-2-7-13-26)20-24-14-16-27(17-15-24)41-22-25-10-4-1-5-11-25/h1-2,4-7,10-17,20-21H,3,8-9,18-19,22-23H2/b28-20+. The molecule has 11 heteroatoms. The fourth-order valence-electron chi connectivity index (χ4n) is 4.73. The Hall–Kier alpha value is -4.90. The van der Waals surface area contributed by atoms with Crippen LogP contribution in [0.1, 0.15) is 30.4 Å². The third kappa shape index (κ3) is 7.12. The lowest BCUT2D eigenvalue weighted by Crippen LogP contribution is -2.60. The summed E-state index contributed by atoms with van der Waals surface area (Å²) < 4.78 is 11.1. The molecule has 3 aromatic carbocycles. The first-order chi connectivity index (χ1) is 21.1. The first-order valence-electron chi connectivity index (χ1n) is 14.1. The highest BCUT2D eigenvalue weighted by molar-refractivity contribution is 8.14. The summed E-state index contributed by atoms with van der Waals surface area (Å²) >= 11 is 1.15. The molecule has 0 bridgehead atoms. The van der Waals surface area contributed by atoms with Crippen LogP contribution in [-0.4, -0.2) is 41.1 Å². The highest BCUT2D eigenvalue weighted by Crippen LogP contribution is 2.29. The van der Waals surface area contributed by atoms with Gasteiger partial charge in [0, 0.05) is 5.75 Å². The first kappa shape index (κ1) is 28.2. The number of amides is 1. The van der Waals surface area contributed by atoms with Crippen LogP contribution in [0.2, 0.25) is 0 Å². The molecule has 10 nitrogen and oxygen atoms in total. The van der Waals surface area contributed by atoms with Crippen molar-refractivity contribution in [1.29, 1.82) is 0 Å². The van der Waals surface area contributed by atoms with E-state index in [1.54, 1.807) is 17.1 Å². The van der Waals surface area contributed by atoms with E-state index >= 15 is 0 Å². The maximum Gasteiger partial charge on any atom is 0.324 e. The number of benzene rings is 3. The molecule has 0 spiro atoms. The molecule has 0 unspecified atom stereocenters. The van der Waals surface area contributed by atoms with Gasteiger partial charge >= 0.3 is 5.88 Å². The minimum Gasteiger partial charge on any atom is -0.861 e. The molecule has 0 saturated carbocycles. The lowest BCUT2D eigenvalue weighted by atomic mass is 10.2. The number of ether oxygens (including phenoxy) is 1. The van der Waals surface area contributed by atoms with Gasteiger partial charge in [-0.3, -0.25) is 14.2 Å². The summed E-state index contributed by atoms with van der Waals surface area (Å²) in [5, 5.41) is 19.2. The van der Waals surface area contributed by atoms with Crippen molar-refractivity contribution in [1.82, 2.24) is 5.27 Å². The Balaban J connectivity index is 1.15. The summed E-state index contributed by atoms with van der Waals surface area (Å²) in [6.07, 6.45) is 6.71. The highest BCUT2D eigenvalue weighted by Gasteiger charge is 2.32. The number of carbonyl (C=O) groups excluding carboxylic acids is 1. The summed E-state index contributed by atoms with van der Waals surface area (Å²) in [6, 6.07) is 26.7. The van der Waals surface area contributed by atoms with Crippen LogP contribution in [0.4, 0.5) is 11.6 Å². The molecule has 6 rings (SSSR count). The third-order valence-electron chi connectivity index (χ3n) is 6.90. The van der Waals surface area contributed by atoms with Crippen molar-refractivity contribution in [3.05, 3.63) is 108 Å². The number of amidine groups is 1. The Morgan fingerprint density at radius 1 is 1.00 bits per heavy atom. The minimum atomic E-state index is -0.418. The number of piperidine rings is 1. The van der Waals surface area contributed by atoms with Crippen molar-refractivity contribution in [3.63, 3.8) is 0 Å². The van der Waals surface area contributed by atoms with E-state index in [1.807, 2.05) is 84.9 Å². The van der Waals surface area contributed by atoms with Crippen LogP contribution in [0.3, 0.4) is 0 Å². The Morgan fingerprint density at radius 2 is 1.72 bits per heavy atom. The molecule has 0 aliphatic carbocycles. The lowest BCUT2D eigenvalue weighted by molar-refractivity contribution is -0.759. The average molecular weight is 595 g/mol. The van der Waals surface area contributed by atoms with E-state index in [9.17, 15) is 9.90 Å². The molecule has 2 aliphatic rings. The summed E-state index contributed by atoms with van der Waals surface area (Å²) in [6.45, 7) is 2.23. The van der Waals surface area contributed by atoms with Gasteiger partial charge in [0.15, 0.2) is 5.17 Å². The van der Waals surface area contributed by atoms with Crippen LogP contribution in [0.5, 0.6) is 5.75 Å². The monoisotopic (exact) mass is 594 g/mol. The highest BCUT2D eigenvalue weighted by atomic mass is 32.2. The molecule has 0 radical (unpaired) electrons. The fourth-order valence-corrected chi connectivity index (χ4v) is 5.53. The number of rotatable bonds is 9. The van der Waals surface area contributed by atoms with Gasteiger partial charge in [0.1, 0.15) is 18.1 Å². The van der Waals surface area contributed by atoms with Crippen molar-refractivity contribution in [2.24, 2.45) is 9.98 Å². The van der Waals surface area contributed by atoms with Gasteiger partial charge < -0.3 is 9.84 Å². The minimum absolute atomic E-state index is 0.0272. The topological polar surface area (TPSA) is 110 Å². The predicted molar refractivity (Wildman–Crippen MR) is 165 cm³/mol. The van der Waals surface area contributed by atoms with Crippen molar-refractivity contribution in [2.75, 3.05) is 28.8 Å². The van der Waals surface area contributed by atoms with E-state index < -0.39 is 5.90 Å². The van der Waals surface area contributed by atoms with Crippen LogP contribution in [0.15, 0.2) is 111 Å². The Labute approximate surface area is 253 Å². The number of para-hydroxylation sites is 1. The number of carbonyl (C=O) groups is 1. The molecule has 1 saturated heterocycles. The van der Waals surface area contributed by atoms with Crippen LogP contribution < -0.4 is 24.5 Å². The summed E-state index contributed by atoms with van der Waals surface area (Å²) in [7, 11) is 0. The summed E-state index contributed by atoms with van der Waals surface area (Å²) in [5.74, 6) is 0.141. The van der Waals surface area contributed by atoms with Gasteiger partial charge in [0.2, 0.25) is 5.27 Å². The molecule has 1 amide bonds. The molecule has 1 aromatic heterocycles. The first-order valence-corrected chi connectivity index (χ1v) is 15.1. The zero-order valence-electron chi connectivity index (χ0n) is 23.4. The second-order valence-electron chi connectivity index (χ2n) is 10.0. The maximum atomic E-state index is 13.5. The van der Waals surface area contributed by atoms with E-state index in [0.717, 1.165) is 54.6 Å². The molecule has 1 fully saturated rings. The molecule has 43 heavy (non-hydrogen) atoms. The second-order valence-corrected chi connectivity index (χ2v) is 11.0. The smallest absolute Gasteiger partial charge is 0.324 e. The molecule has 218 valence electrons. The van der Waals surface area contributed by atoms with E-state index in [2.05, 4.69) is 20.3 Å². The van der Waals surface area contributed by atoms with E-state index in [4.69, 9.17) is 9.26 Å². The number of aliphatic imine (C=N–C) groups is 2. The molecule has 4 aromatic rings. The van der Waals surface area contributed by atoms with Gasteiger partial charge in [0.25, 0.3) is 12.1 Å². The number of aromatic nitrogens is 2. The quantitative estimate of drug-likeness (QED) is 0.123. The van der Waals surface area contributed by atoms with Crippen LogP contribution in [0.25, 0.3) is 6.08 Å². The molecular formula is C32H30N6O4S. The van der Waals surface area contributed by atoms with Gasteiger partial charge in [-0.1, -0.05) is 72.4 Å². The maximum absolute atomic E-state index is 13.5. The SMILES string of the molecule is O=C1/C(=C\c2ccc(OCc3ccccc3)cc2)N=C(SC/C([O-])=N/c2c[n+](N3CCCCC3)no2)N1c1ccccc1. The number of nitrogens with zero attached hydrogens (tertiary/aromatic N) is 6. The van der Waals surface area contributed by atoms with Crippen LogP contribution >= 0.6 is 11.8 Å². The Bertz CT molecular complexity index is 1630. The average Bonchev–Trinajstić information content (AvgIpc) is 3.65. The largest absolute Gasteiger partial charge is 0.861 e. The zero-order chi connectivity index (χ0) is 29.4. The Kier molecular flexibility index (Phi) is 8.79. The second kappa shape index (κ2) is 13.4. The zero-order valence-corrected chi connectivity index (χ0v) is 24.2. The molecule has 0 N–H and O–H groups in total. The molecule has 0 atom stereocenters. The summed E-state index contributed by atoms with van der Waals surface area (Å²) in [4.78, 5) is 25.3. The van der Waals surface area contributed by atoms with Crippen molar-refractivity contribution >= 4 is 46.4 Å². The summed E-state index contributed by atoms with van der Waals surface area (Å²) in [5.41, 5.74) is 2.82. The Morgan fingerprint density at radius 3 is 2.47 bits per heavy atom. The fraction of sp³-hybridized carbons (Fsp3) is 0.219. The molecule has 3 heterocycles. The normalized spacial score (nSPS) is 16.6. The number of hydrogen-bond donors (Lipinski definition) is 0. The third-order valence-corrected chi connectivity index (χ3v) is 7.82. The number of hydrogen-bond acceptors (Lipinski definition) is 9. The molecule has 2 aliphatic heterocycles. The van der Waals surface area contributed by atoms with E-state index in [1.165, 1.54) is 11.3 Å². The van der Waals surface area contributed by atoms with Crippen LogP contribution in [0, 0.1) is 0 Å². The number of thioether (sulfide) groups is 1. The van der Waals surface area contributed by atoms with Gasteiger partial charge in [-0.2, -0.15) is 5.01 Å². The van der Waals surface area contributed by atoms with Gasteiger partial charge in [-0.15, -0.1) is 0 Å². The van der Waals surface area contributed by atoms with E-state index in [-0.39, 0.29) is 23.2 Å². The van der Waals surface area contributed by atoms with Crippen molar-refractivity contribution in [2.45, 2.75) is 25.9 Å². The van der Waals surface area contributed by atoms with Gasteiger partial charge in [0.05, 0.1) is 23.6 Å². The van der Waals surface area contributed by atoms with Crippen molar-refractivity contribution < 1.29 is 24.0 Å². The molecular weight excluding hydrogens is 564 g/mol. The predicted octanol–water partition coefficient (Wildman–Crippen LogP) is 4.23. The van der Waals surface area contributed by atoms with Crippen LogP contribution in [-0.2, 0) is 11.4 Å². The van der Waals surface area contributed by atoms with Crippen molar-refractivity contribution in [3.8, 4) is 5.75 Å². The van der Waals surface area contributed by atoms with E-state index in [0.29, 0.717) is 17.5 Å². The lowest BCUT2D eigenvalue weighted by Gasteiger charge is -2.18. The van der Waals surface area contributed by atoms with Gasteiger partial charge in [-0.25, -0.2) is 9.98 Å². The van der Waals surface area contributed by atoms with Gasteiger partial charge in [-0.05, 0) is 66.6 Å².